The molecule has 4 rings (SSSR count). The molecule has 202 valence electrons. The molecule has 0 aromatic heterocycles. The molecule has 3 nitrogen and oxygen atoms in total. The van der Waals surface area contributed by atoms with Gasteiger partial charge in [-0.05, 0) is 73.1 Å². The van der Waals surface area contributed by atoms with E-state index in [1.54, 1.807) is 0 Å². The van der Waals surface area contributed by atoms with E-state index in [1.165, 1.54) is 17.7 Å². The van der Waals surface area contributed by atoms with Gasteiger partial charge in [0.1, 0.15) is 12.4 Å². The maximum Gasteiger partial charge on any atom is 0.416 e. The molecule has 0 radical (unpaired) electrons. The number of ether oxygens (including phenoxy) is 1. The zero-order valence-corrected chi connectivity index (χ0v) is 22.2. The predicted molar refractivity (Wildman–Crippen MR) is 144 cm³/mol. The number of likely N-dealkylation sites (tertiary alicyclic amines) is 1. The fourth-order valence-corrected chi connectivity index (χ4v) is 5.35. The van der Waals surface area contributed by atoms with Crippen molar-refractivity contribution in [3.8, 4) is 5.75 Å². The molecule has 3 aromatic rings. The number of rotatable bonds is 8. The summed E-state index contributed by atoms with van der Waals surface area (Å²) in [5, 5.41) is 0. The predicted octanol–water partition coefficient (Wildman–Crippen LogP) is 7.86. The summed E-state index contributed by atoms with van der Waals surface area (Å²) in [6.07, 6.45) is -1.61. The summed E-state index contributed by atoms with van der Waals surface area (Å²) in [5.41, 5.74) is 2.66. The lowest BCUT2D eigenvalue weighted by atomic mass is 9.82. The number of carbonyl (C=O) groups excluding carboxylic acids is 1. The third-order valence-corrected chi connectivity index (χ3v) is 7.39. The van der Waals surface area contributed by atoms with Crippen molar-refractivity contribution in [3.05, 3.63) is 101 Å². The molecule has 0 spiro atoms. The Morgan fingerprint density at radius 2 is 1.61 bits per heavy atom. The standard InChI is InChI=1S/C32H36F3NO2/c1-22(2)20-24-11-13-25(14-12-24)23(3)31(37)36-19-7-10-29(26-8-5-4-6-9-26)30(36)21-38-28-17-15-27(16-18-28)32(33,34)35/h4-6,8-9,11-18,22-23,29-30H,7,10,19-21H2,1-3H3/t23-,29-,30+/m0/s1. The van der Waals surface area contributed by atoms with Gasteiger partial charge in [0, 0.05) is 12.5 Å². The molecule has 0 saturated carbocycles. The van der Waals surface area contributed by atoms with Gasteiger partial charge in [-0.1, -0.05) is 68.4 Å². The Morgan fingerprint density at radius 3 is 2.21 bits per heavy atom. The molecule has 1 heterocycles. The maximum atomic E-state index is 13.9. The van der Waals surface area contributed by atoms with Crippen LogP contribution in [0, 0.1) is 5.92 Å². The number of halogens is 3. The first-order chi connectivity index (χ1) is 18.1. The van der Waals surface area contributed by atoms with Crippen LogP contribution in [0.5, 0.6) is 5.75 Å². The Labute approximate surface area is 223 Å². The van der Waals surface area contributed by atoms with Crippen molar-refractivity contribution < 1.29 is 22.7 Å². The van der Waals surface area contributed by atoms with E-state index in [0.717, 1.165) is 42.5 Å². The van der Waals surface area contributed by atoms with Crippen LogP contribution in [-0.2, 0) is 17.4 Å². The summed E-state index contributed by atoms with van der Waals surface area (Å²) < 4.78 is 45.0. The van der Waals surface area contributed by atoms with Crippen LogP contribution in [0.15, 0.2) is 78.9 Å². The van der Waals surface area contributed by atoms with Gasteiger partial charge in [0.15, 0.2) is 0 Å². The van der Waals surface area contributed by atoms with Crippen LogP contribution < -0.4 is 4.74 Å². The van der Waals surface area contributed by atoms with Gasteiger partial charge >= 0.3 is 6.18 Å². The van der Waals surface area contributed by atoms with Crippen LogP contribution in [0.2, 0.25) is 0 Å². The minimum absolute atomic E-state index is 0.0447. The number of hydrogen-bond donors (Lipinski definition) is 0. The van der Waals surface area contributed by atoms with Crippen molar-refractivity contribution in [2.75, 3.05) is 13.2 Å². The second-order valence-electron chi connectivity index (χ2n) is 10.7. The monoisotopic (exact) mass is 523 g/mol. The Hall–Kier alpha value is -3.28. The second-order valence-corrected chi connectivity index (χ2v) is 10.7. The first-order valence-corrected chi connectivity index (χ1v) is 13.4. The molecule has 1 aliphatic heterocycles. The highest BCUT2D eigenvalue weighted by Gasteiger charge is 2.37. The number of nitrogens with zero attached hydrogens (tertiary/aromatic N) is 1. The highest BCUT2D eigenvalue weighted by molar-refractivity contribution is 5.84. The van der Waals surface area contributed by atoms with Crippen molar-refractivity contribution in [2.45, 2.75) is 64.1 Å². The van der Waals surface area contributed by atoms with E-state index in [4.69, 9.17) is 4.74 Å². The molecule has 0 aliphatic carbocycles. The summed E-state index contributed by atoms with van der Waals surface area (Å²) >= 11 is 0. The molecule has 1 amide bonds. The van der Waals surface area contributed by atoms with Crippen LogP contribution in [0.25, 0.3) is 0 Å². The topological polar surface area (TPSA) is 29.5 Å². The molecule has 0 bridgehead atoms. The number of amides is 1. The lowest BCUT2D eigenvalue weighted by Gasteiger charge is -2.42. The largest absolute Gasteiger partial charge is 0.491 e. The Bertz CT molecular complexity index is 1170. The van der Waals surface area contributed by atoms with Crippen LogP contribution in [0.4, 0.5) is 13.2 Å². The van der Waals surface area contributed by atoms with Gasteiger partial charge in [0.25, 0.3) is 0 Å². The molecular formula is C32H36F3NO2. The van der Waals surface area contributed by atoms with Crippen LogP contribution in [0.1, 0.15) is 67.7 Å². The van der Waals surface area contributed by atoms with Gasteiger partial charge in [-0.3, -0.25) is 4.79 Å². The smallest absolute Gasteiger partial charge is 0.416 e. The molecule has 38 heavy (non-hydrogen) atoms. The molecule has 6 heteroatoms. The number of hydrogen-bond acceptors (Lipinski definition) is 2. The summed E-state index contributed by atoms with van der Waals surface area (Å²) in [6, 6.07) is 22.9. The normalized spacial score (nSPS) is 18.9. The average molecular weight is 524 g/mol. The summed E-state index contributed by atoms with van der Waals surface area (Å²) in [5.74, 6) is 0.726. The summed E-state index contributed by atoms with van der Waals surface area (Å²) in [4.78, 5) is 15.8. The fourth-order valence-electron chi connectivity index (χ4n) is 5.35. The zero-order chi connectivity index (χ0) is 27.3. The molecule has 1 saturated heterocycles. The van der Waals surface area contributed by atoms with E-state index in [2.05, 4.69) is 38.1 Å². The van der Waals surface area contributed by atoms with Crippen LogP contribution in [-0.4, -0.2) is 30.0 Å². The highest BCUT2D eigenvalue weighted by atomic mass is 19.4. The quantitative estimate of drug-likeness (QED) is 0.301. The first kappa shape index (κ1) is 27.7. The molecule has 1 aliphatic rings. The van der Waals surface area contributed by atoms with E-state index in [9.17, 15) is 18.0 Å². The van der Waals surface area contributed by atoms with Crippen molar-refractivity contribution in [3.63, 3.8) is 0 Å². The SMILES string of the molecule is CC(C)Cc1ccc([C@H](C)C(=O)N2CCC[C@@H](c3ccccc3)[C@H]2COc2ccc(C(F)(F)F)cc2)cc1. The Balaban J connectivity index is 1.55. The molecule has 0 N–H and O–H groups in total. The van der Waals surface area contributed by atoms with Crippen LogP contribution in [0.3, 0.4) is 0 Å². The molecule has 1 fully saturated rings. The van der Waals surface area contributed by atoms with Crippen molar-refractivity contribution >= 4 is 5.91 Å². The number of piperidine rings is 1. The van der Waals surface area contributed by atoms with Gasteiger partial charge in [0.05, 0.1) is 17.5 Å². The third-order valence-electron chi connectivity index (χ3n) is 7.39. The lowest BCUT2D eigenvalue weighted by molar-refractivity contribution is -0.138. The minimum Gasteiger partial charge on any atom is -0.491 e. The Morgan fingerprint density at radius 1 is 0.947 bits per heavy atom. The van der Waals surface area contributed by atoms with Gasteiger partial charge in [0.2, 0.25) is 5.91 Å². The molecule has 3 atom stereocenters. The van der Waals surface area contributed by atoms with Gasteiger partial charge in [-0.25, -0.2) is 0 Å². The first-order valence-electron chi connectivity index (χ1n) is 13.4. The van der Waals surface area contributed by atoms with E-state index < -0.39 is 11.7 Å². The highest BCUT2D eigenvalue weighted by Crippen LogP contribution is 2.36. The van der Waals surface area contributed by atoms with Gasteiger partial charge < -0.3 is 9.64 Å². The van der Waals surface area contributed by atoms with Crippen molar-refractivity contribution in [1.82, 2.24) is 4.90 Å². The number of benzene rings is 3. The average Bonchev–Trinajstić information content (AvgIpc) is 2.91. The second kappa shape index (κ2) is 12.1. The van der Waals surface area contributed by atoms with E-state index >= 15 is 0 Å². The zero-order valence-electron chi connectivity index (χ0n) is 22.2. The molecule has 3 aromatic carbocycles. The minimum atomic E-state index is -4.40. The van der Waals surface area contributed by atoms with Gasteiger partial charge in [-0.15, -0.1) is 0 Å². The summed E-state index contributed by atoms with van der Waals surface area (Å²) in [7, 11) is 0. The van der Waals surface area contributed by atoms with Gasteiger partial charge in [-0.2, -0.15) is 13.2 Å². The van der Waals surface area contributed by atoms with E-state index in [0.29, 0.717) is 18.2 Å². The van der Waals surface area contributed by atoms with Crippen molar-refractivity contribution in [2.24, 2.45) is 5.92 Å². The molecular weight excluding hydrogens is 487 g/mol. The maximum absolute atomic E-state index is 13.9. The van der Waals surface area contributed by atoms with E-state index in [1.807, 2.05) is 42.2 Å². The van der Waals surface area contributed by atoms with E-state index in [-0.39, 0.29) is 30.4 Å². The number of carbonyl (C=O) groups is 1. The number of alkyl halides is 3. The summed E-state index contributed by atoms with van der Waals surface area (Å²) in [6.45, 7) is 7.15. The molecule has 0 unspecified atom stereocenters. The Kier molecular flexibility index (Phi) is 8.80. The lowest BCUT2D eigenvalue weighted by Crippen LogP contribution is -2.51. The third kappa shape index (κ3) is 6.77. The fraction of sp³-hybridized carbons (Fsp3) is 0.406. The van der Waals surface area contributed by atoms with Crippen LogP contribution >= 0.6 is 0 Å². The van der Waals surface area contributed by atoms with Crippen molar-refractivity contribution in [1.29, 1.82) is 0 Å².